The Hall–Kier alpha value is -0.660. The minimum Gasteiger partial charge on any atom is -0.354 e. The summed E-state index contributed by atoms with van der Waals surface area (Å²) < 4.78 is 25.3. The molecule has 0 unspecified atom stereocenters. The molecule has 20 heavy (non-hydrogen) atoms. The van der Waals surface area contributed by atoms with Crippen LogP contribution in [-0.4, -0.2) is 68.0 Å². The highest BCUT2D eigenvalue weighted by atomic mass is 32.2. The van der Waals surface area contributed by atoms with E-state index in [-0.39, 0.29) is 17.1 Å². The molecular formula is C13H25N3O3S. The Bertz CT molecular complexity index is 438. The Labute approximate surface area is 121 Å². The van der Waals surface area contributed by atoms with Crippen LogP contribution >= 0.6 is 0 Å². The van der Waals surface area contributed by atoms with Gasteiger partial charge in [0.1, 0.15) is 0 Å². The third-order valence-electron chi connectivity index (χ3n) is 4.15. The predicted molar refractivity (Wildman–Crippen MR) is 77.8 cm³/mol. The zero-order valence-electron chi connectivity index (χ0n) is 12.3. The van der Waals surface area contributed by atoms with Gasteiger partial charge in [0, 0.05) is 26.2 Å². The van der Waals surface area contributed by atoms with E-state index in [1.54, 1.807) is 0 Å². The Morgan fingerprint density at radius 2 is 1.85 bits per heavy atom. The van der Waals surface area contributed by atoms with E-state index in [4.69, 9.17) is 0 Å². The molecule has 0 aromatic heterocycles. The minimum absolute atomic E-state index is 0.0144. The fourth-order valence-electron chi connectivity index (χ4n) is 2.41. The molecule has 6 nitrogen and oxygen atoms in total. The fraction of sp³-hybridized carbons (Fsp3) is 0.923. The number of rotatable bonds is 8. The van der Waals surface area contributed by atoms with Crippen molar-refractivity contribution < 1.29 is 13.2 Å². The molecule has 1 saturated carbocycles. The van der Waals surface area contributed by atoms with E-state index < -0.39 is 10.0 Å². The molecule has 1 aliphatic heterocycles. The molecule has 1 N–H and O–H groups in total. The van der Waals surface area contributed by atoms with Crippen molar-refractivity contribution in [3.63, 3.8) is 0 Å². The third-order valence-corrected chi connectivity index (χ3v) is 6.48. The van der Waals surface area contributed by atoms with E-state index in [2.05, 4.69) is 24.1 Å². The van der Waals surface area contributed by atoms with Gasteiger partial charge in [-0.15, -0.1) is 0 Å². The first-order valence-corrected chi connectivity index (χ1v) is 8.98. The number of carbonyl (C=O) groups is 1. The number of nitrogens with zero attached hydrogens (tertiary/aromatic N) is 2. The van der Waals surface area contributed by atoms with Gasteiger partial charge in [-0.1, -0.05) is 13.8 Å². The maximum absolute atomic E-state index is 11.9. The molecule has 1 heterocycles. The van der Waals surface area contributed by atoms with Gasteiger partial charge in [0.15, 0.2) is 0 Å². The van der Waals surface area contributed by atoms with E-state index in [9.17, 15) is 13.2 Å². The average Bonchev–Trinajstić information content (AvgIpc) is 3.16. The van der Waals surface area contributed by atoms with Crippen molar-refractivity contribution in [2.45, 2.75) is 31.9 Å². The maximum atomic E-state index is 11.9. The van der Waals surface area contributed by atoms with Crippen LogP contribution in [0, 0.1) is 5.92 Å². The highest BCUT2D eigenvalue weighted by Gasteiger charge is 2.46. The lowest BCUT2D eigenvalue weighted by atomic mass is 10.0. The quantitative estimate of drug-likeness (QED) is 0.678. The van der Waals surface area contributed by atoms with Crippen molar-refractivity contribution in [1.82, 2.24) is 14.5 Å². The first kappa shape index (κ1) is 15.7. The summed E-state index contributed by atoms with van der Waals surface area (Å²) in [4.78, 5) is 14.1. The lowest BCUT2D eigenvalue weighted by Crippen LogP contribution is -2.56. The summed E-state index contributed by atoms with van der Waals surface area (Å²) in [7, 11) is -3.09. The van der Waals surface area contributed by atoms with Crippen LogP contribution in [-0.2, 0) is 14.8 Å². The largest absolute Gasteiger partial charge is 0.354 e. The van der Waals surface area contributed by atoms with Crippen molar-refractivity contribution in [3.05, 3.63) is 0 Å². The lowest BCUT2D eigenvalue weighted by Gasteiger charge is -2.37. The molecule has 1 saturated heterocycles. The zero-order chi connectivity index (χ0) is 14.8. The van der Waals surface area contributed by atoms with E-state index in [0.29, 0.717) is 19.6 Å². The Kier molecular flexibility index (Phi) is 5.04. The predicted octanol–water partition coefficient (Wildman–Crippen LogP) is -0.132. The van der Waals surface area contributed by atoms with E-state index >= 15 is 0 Å². The first-order valence-electron chi connectivity index (χ1n) is 7.48. The number of carbonyl (C=O) groups excluding carboxylic acids is 1. The molecule has 0 aromatic rings. The summed E-state index contributed by atoms with van der Waals surface area (Å²) in [6.45, 7) is 8.33. The van der Waals surface area contributed by atoms with Crippen LogP contribution in [0.2, 0.25) is 0 Å². The Morgan fingerprint density at radius 3 is 2.35 bits per heavy atom. The van der Waals surface area contributed by atoms with E-state index in [1.165, 1.54) is 4.31 Å². The number of nitrogens with one attached hydrogen (secondary N) is 1. The van der Waals surface area contributed by atoms with Crippen LogP contribution in [0.1, 0.15) is 26.7 Å². The molecule has 1 amide bonds. The molecular weight excluding hydrogens is 278 g/mol. The second-order valence-electron chi connectivity index (χ2n) is 5.58. The van der Waals surface area contributed by atoms with Crippen molar-refractivity contribution in [2.75, 3.05) is 39.3 Å². The fourth-order valence-corrected chi connectivity index (χ4v) is 4.34. The van der Waals surface area contributed by atoms with Crippen molar-refractivity contribution in [1.29, 1.82) is 0 Å². The monoisotopic (exact) mass is 303 g/mol. The normalized spacial score (nSPS) is 20.9. The van der Waals surface area contributed by atoms with Crippen LogP contribution in [0.3, 0.4) is 0 Å². The summed E-state index contributed by atoms with van der Waals surface area (Å²) in [6, 6.07) is 0. The molecule has 2 aliphatic rings. The molecule has 1 aliphatic carbocycles. The highest BCUT2D eigenvalue weighted by Crippen LogP contribution is 2.34. The van der Waals surface area contributed by atoms with Crippen LogP contribution < -0.4 is 5.32 Å². The van der Waals surface area contributed by atoms with Crippen LogP contribution in [0.15, 0.2) is 0 Å². The number of sulfonamides is 1. The van der Waals surface area contributed by atoms with Gasteiger partial charge in [-0.2, -0.15) is 4.31 Å². The lowest BCUT2D eigenvalue weighted by molar-refractivity contribution is -0.128. The Morgan fingerprint density at radius 1 is 1.25 bits per heavy atom. The topological polar surface area (TPSA) is 69.7 Å². The SMILES string of the molecule is CCN(CC)CCNC(=O)C1CN(S(=O)(=O)C2CC2)C1. The second kappa shape index (κ2) is 6.41. The smallest absolute Gasteiger partial charge is 0.225 e. The number of likely N-dealkylation sites (N-methyl/N-ethyl adjacent to an activating group) is 1. The summed E-state index contributed by atoms with van der Waals surface area (Å²) in [5.74, 6) is -0.181. The molecule has 0 atom stereocenters. The standard InChI is InChI=1S/C13H25N3O3S/c1-3-15(4-2)8-7-14-13(17)11-9-16(10-11)20(18,19)12-5-6-12/h11-12H,3-10H2,1-2H3,(H,14,17). The third kappa shape index (κ3) is 3.51. The van der Waals surface area contributed by atoms with Crippen molar-refractivity contribution in [3.8, 4) is 0 Å². The molecule has 116 valence electrons. The highest BCUT2D eigenvalue weighted by molar-refractivity contribution is 7.90. The minimum atomic E-state index is -3.09. The number of hydrogen-bond donors (Lipinski definition) is 1. The van der Waals surface area contributed by atoms with Gasteiger partial charge >= 0.3 is 0 Å². The number of amides is 1. The van der Waals surface area contributed by atoms with Crippen LogP contribution in [0.25, 0.3) is 0 Å². The molecule has 2 fully saturated rings. The van der Waals surface area contributed by atoms with Crippen LogP contribution in [0.5, 0.6) is 0 Å². The molecule has 7 heteroatoms. The zero-order valence-corrected chi connectivity index (χ0v) is 13.2. The van der Waals surface area contributed by atoms with Gasteiger partial charge in [0.2, 0.25) is 15.9 Å². The maximum Gasteiger partial charge on any atom is 0.225 e. The summed E-state index contributed by atoms with van der Waals surface area (Å²) in [5, 5.41) is 2.73. The van der Waals surface area contributed by atoms with Crippen LogP contribution in [0.4, 0.5) is 0 Å². The average molecular weight is 303 g/mol. The van der Waals surface area contributed by atoms with Gasteiger partial charge in [0.05, 0.1) is 11.2 Å². The molecule has 0 radical (unpaired) electrons. The molecule has 0 bridgehead atoms. The first-order chi connectivity index (χ1) is 9.48. The van der Waals surface area contributed by atoms with Crippen molar-refractivity contribution in [2.24, 2.45) is 5.92 Å². The van der Waals surface area contributed by atoms with Gasteiger partial charge < -0.3 is 10.2 Å². The van der Waals surface area contributed by atoms with Gasteiger partial charge in [0.25, 0.3) is 0 Å². The van der Waals surface area contributed by atoms with E-state index in [0.717, 1.165) is 32.5 Å². The molecule has 0 aromatic carbocycles. The van der Waals surface area contributed by atoms with Crippen molar-refractivity contribution >= 4 is 15.9 Å². The Balaban J connectivity index is 1.66. The van der Waals surface area contributed by atoms with Gasteiger partial charge in [-0.3, -0.25) is 4.79 Å². The van der Waals surface area contributed by atoms with E-state index in [1.807, 2.05) is 0 Å². The summed E-state index contributed by atoms with van der Waals surface area (Å²) in [6.07, 6.45) is 1.55. The molecule has 2 rings (SSSR count). The second-order valence-corrected chi connectivity index (χ2v) is 7.79. The van der Waals surface area contributed by atoms with Gasteiger partial charge in [-0.25, -0.2) is 8.42 Å². The summed E-state index contributed by atoms with van der Waals surface area (Å²) >= 11 is 0. The molecule has 0 spiro atoms. The summed E-state index contributed by atoms with van der Waals surface area (Å²) in [5.41, 5.74) is 0. The van der Waals surface area contributed by atoms with Gasteiger partial charge in [-0.05, 0) is 25.9 Å². The number of hydrogen-bond acceptors (Lipinski definition) is 4.